The molecule has 2 aromatic carbocycles. The molecule has 34 heavy (non-hydrogen) atoms. The Morgan fingerprint density at radius 1 is 1.12 bits per heavy atom. The van der Waals surface area contributed by atoms with Crippen LogP contribution in [-0.2, 0) is 21.2 Å². The molecule has 2 heterocycles. The van der Waals surface area contributed by atoms with Crippen LogP contribution in [0.5, 0.6) is 0 Å². The van der Waals surface area contributed by atoms with Gasteiger partial charge in [0.05, 0.1) is 11.4 Å². The Kier molecular flexibility index (Phi) is 7.91. The number of rotatable bonds is 8. The van der Waals surface area contributed by atoms with Gasteiger partial charge in [0, 0.05) is 50.2 Å². The third kappa shape index (κ3) is 5.45. The van der Waals surface area contributed by atoms with Gasteiger partial charge >= 0.3 is 0 Å². The molecule has 0 unspecified atom stereocenters. The van der Waals surface area contributed by atoms with E-state index in [1.165, 1.54) is 6.07 Å². The second kappa shape index (κ2) is 10.7. The van der Waals surface area contributed by atoms with Crippen molar-refractivity contribution < 1.29 is 17.6 Å². The van der Waals surface area contributed by atoms with Gasteiger partial charge < -0.3 is 9.80 Å². The van der Waals surface area contributed by atoms with Crippen LogP contribution in [0.4, 0.5) is 15.8 Å². The normalized spacial score (nSPS) is 16.7. The second-order valence-electron chi connectivity index (χ2n) is 8.59. The van der Waals surface area contributed by atoms with E-state index in [9.17, 15) is 17.6 Å². The van der Waals surface area contributed by atoms with Gasteiger partial charge in [0.2, 0.25) is 15.9 Å². The molecular formula is C24H30BrFN4O3S. The first kappa shape index (κ1) is 25.1. The summed E-state index contributed by atoms with van der Waals surface area (Å²) < 4.78 is 43.7. The Balaban J connectivity index is 1.32. The summed E-state index contributed by atoms with van der Waals surface area (Å²) in [5.41, 5.74) is 2.00. The standard InChI is InChI=1S/C24H30BrFN4O3S/c1-2-23(31)30-11-8-18-16-19(25)17-22(24(18)30)34(32,33)27-9-5-10-28-12-14-29(15-13-28)21-7-4-3-6-20(21)26/h3-4,6-7,16-17,27H,2,5,8-15H2,1H3. The van der Waals surface area contributed by atoms with E-state index in [1.807, 2.05) is 17.0 Å². The largest absolute Gasteiger partial charge is 0.367 e. The number of piperazine rings is 1. The Hall–Kier alpha value is -2.01. The van der Waals surface area contributed by atoms with Gasteiger partial charge in [-0.2, -0.15) is 0 Å². The molecule has 0 atom stereocenters. The lowest BCUT2D eigenvalue weighted by atomic mass is 10.2. The van der Waals surface area contributed by atoms with Crippen molar-refractivity contribution in [2.75, 3.05) is 55.6 Å². The third-order valence-corrected chi connectivity index (χ3v) is 8.33. The van der Waals surface area contributed by atoms with Crippen molar-refractivity contribution in [2.45, 2.75) is 31.1 Å². The van der Waals surface area contributed by atoms with Gasteiger partial charge in [0.15, 0.2) is 0 Å². The van der Waals surface area contributed by atoms with Crippen LogP contribution < -0.4 is 14.5 Å². The first-order chi connectivity index (χ1) is 16.3. The molecule has 2 aliphatic rings. The van der Waals surface area contributed by atoms with E-state index >= 15 is 0 Å². The lowest BCUT2D eigenvalue weighted by Gasteiger charge is -2.36. The zero-order valence-corrected chi connectivity index (χ0v) is 21.7. The summed E-state index contributed by atoms with van der Waals surface area (Å²) in [6.07, 6.45) is 1.63. The Labute approximate surface area is 209 Å². The number of halogens is 2. The van der Waals surface area contributed by atoms with E-state index in [-0.39, 0.29) is 16.6 Å². The zero-order chi connectivity index (χ0) is 24.3. The van der Waals surface area contributed by atoms with E-state index in [1.54, 1.807) is 30.0 Å². The maximum Gasteiger partial charge on any atom is 0.242 e. The first-order valence-corrected chi connectivity index (χ1v) is 13.9. The number of sulfonamides is 1. The minimum atomic E-state index is -3.78. The highest BCUT2D eigenvalue weighted by molar-refractivity contribution is 9.10. The van der Waals surface area contributed by atoms with Crippen LogP contribution in [0.2, 0.25) is 0 Å². The van der Waals surface area contributed by atoms with Crippen molar-refractivity contribution in [2.24, 2.45) is 0 Å². The molecule has 1 saturated heterocycles. The summed E-state index contributed by atoms with van der Waals surface area (Å²) >= 11 is 3.41. The van der Waals surface area contributed by atoms with Gasteiger partial charge in [-0.25, -0.2) is 17.5 Å². The molecule has 0 bridgehead atoms. The van der Waals surface area contributed by atoms with Gasteiger partial charge in [-0.1, -0.05) is 35.0 Å². The van der Waals surface area contributed by atoms with E-state index in [4.69, 9.17) is 0 Å². The number of hydrogen-bond donors (Lipinski definition) is 1. The second-order valence-corrected chi connectivity index (χ2v) is 11.2. The zero-order valence-electron chi connectivity index (χ0n) is 19.3. The molecule has 10 heteroatoms. The van der Waals surface area contributed by atoms with Crippen LogP contribution in [0.3, 0.4) is 0 Å². The van der Waals surface area contributed by atoms with Crippen LogP contribution in [0, 0.1) is 5.82 Å². The van der Waals surface area contributed by atoms with Crippen molar-refractivity contribution in [3.63, 3.8) is 0 Å². The number of carbonyl (C=O) groups is 1. The molecule has 2 aromatic rings. The fourth-order valence-corrected chi connectivity index (χ4v) is 6.63. The fourth-order valence-electron chi connectivity index (χ4n) is 4.62. The van der Waals surface area contributed by atoms with E-state index in [2.05, 4.69) is 25.6 Å². The topological polar surface area (TPSA) is 73.0 Å². The summed E-state index contributed by atoms with van der Waals surface area (Å²) in [5, 5.41) is 0. The maximum atomic E-state index is 14.0. The molecule has 0 aliphatic carbocycles. The van der Waals surface area contributed by atoms with Crippen LogP contribution in [0.15, 0.2) is 45.8 Å². The molecule has 0 spiro atoms. The first-order valence-electron chi connectivity index (χ1n) is 11.6. The van der Waals surface area contributed by atoms with Gasteiger partial charge in [0.1, 0.15) is 10.7 Å². The molecule has 7 nitrogen and oxygen atoms in total. The quantitative estimate of drug-likeness (QED) is 0.508. The molecule has 2 aliphatic heterocycles. The molecule has 1 N–H and O–H groups in total. The monoisotopic (exact) mass is 552 g/mol. The number of nitrogens with zero attached hydrogens (tertiary/aromatic N) is 3. The van der Waals surface area contributed by atoms with E-state index < -0.39 is 10.0 Å². The molecule has 1 amide bonds. The average molecular weight is 553 g/mol. The molecule has 4 rings (SSSR count). The lowest BCUT2D eigenvalue weighted by molar-refractivity contribution is -0.118. The highest BCUT2D eigenvalue weighted by Crippen LogP contribution is 2.37. The van der Waals surface area contributed by atoms with Gasteiger partial charge in [-0.05, 0) is 49.2 Å². The van der Waals surface area contributed by atoms with E-state index in [0.717, 1.165) is 38.3 Å². The van der Waals surface area contributed by atoms with Crippen LogP contribution in [0.1, 0.15) is 25.3 Å². The summed E-state index contributed by atoms with van der Waals surface area (Å²) in [5.74, 6) is -0.282. The van der Waals surface area contributed by atoms with Gasteiger partial charge in [0.25, 0.3) is 0 Å². The number of anilines is 2. The highest BCUT2D eigenvalue weighted by atomic mass is 79.9. The Morgan fingerprint density at radius 3 is 2.56 bits per heavy atom. The molecular weight excluding hydrogens is 523 g/mol. The lowest BCUT2D eigenvalue weighted by Crippen LogP contribution is -2.47. The molecule has 184 valence electrons. The summed E-state index contributed by atoms with van der Waals surface area (Å²) in [6, 6.07) is 10.3. The van der Waals surface area contributed by atoms with Crippen LogP contribution in [0.25, 0.3) is 0 Å². The predicted octanol–water partition coefficient (Wildman–Crippen LogP) is 3.38. The number of hydrogen-bond acceptors (Lipinski definition) is 5. The SMILES string of the molecule is CCC(=O)N1CCc2cc(Br)cc(S(=O)(=O)NCCCN3CCN(c4ccccc4F)CC3)c21. The number of benzene rings is 2. The summed E-state index contributed by atoms with van der Waals surface area (Å²) in [6.45, 7) is 6.41. The third-order valence-electron chi connectivity index (χ3n) is 6.39. The Morgan fingerprint density at radius 2 is 1.85 bits per heavy atom. The van der Waals surface area contributed by atoms with Crippen LogP contribution in [-0.4, -0.2) is 65.0 Å². The summed E-state index contributed by atoms with van der Waals surface area (Å²) in [7, 11) is -3.78. The number of para-hydroxylation sites is 1. The smallest absolute Gasteiger partial charge is 0.242 e. The summed E-state index contributed by atoms with van der Waals surface area (Å²) in [4.78, 5) is 18.4. The number of fused-ring (bicyclic) bond motifs is 1. The van der Waals surface area contributed by atoms with E-state index in [0.29, 0.717) is 48.2 Å². The Bertz CT molecular complexity index is 1150. The van der Waals surface area contributed by atoms with Crippen LogP contribution >= 0.6 is 15.9 Å². The fraction of sp³-hybridized carbons (Fsp3) is 0.458. The molecule has 0 saturated carbocycles. The number of nitrogens with one attached hydrogen (secondary N) is 1. The van der Waals surface area contributed by atoms with Crippen molar-refractivity contribution in [3.8, 4) is 0 Å². The van der Waals surface area contributed by atoms with Gasteiger partial charge in [-0.15, -0.1) is 0 Å². The minimum Gasteiger partial charge on any atom is -0.367 e. The van der Waals surface area contributed by atoms with Crippen molar-refractivity contribution in [1.82, 2.24) is 9.62 Å². The van der Waals surface area contributed by atoms with Crippen molar-refractivity contribution in [1.29, 1.82) is 0 Å². The number of carbonyl (C=O) groups excluding carboxylic acids is 1. The number of amides is 1. The molecule has 0 aromatic heterocycles. The maximum absolute atomic E-state index is 14.0. The van der Waals surface area contributed by atoms with Gasteiger partial charge in [-0.3, -0.25) is 9.69 Å². The van der Waals surface area contributed by atoms with Crippen molar-refractivity contribution >= 4 is 43.2 Å². The van der Waals surface area contributed by atoms with Crippen molar-refractivity contribution in [3.05, 3.63) is 52.3 Å². The molecule has 1 fully saturated rings. The predicted molar refractivity (Wildman–Crippen MR) is 135 cm³/mol. The minimum absolute atomic E-state index is 0.0768. The highest BCUT2D eigenvalue weighted by Gasteiger charge is 2.32. The average Bonchev–Trinajstić information content (AvgIpc) is 3.25. The molecule has 0 radical (unpaired) electrons.